The second kappa shape index (κ2) is 9.69. The number of Topliss-reactive ketones (excluding diaryl/α,β-unsaturated/α-hetero) is 1. The molecule has 0 amide bonds. The van der Waals surface area contributed by atoms with E-state index in [1.165, 1.54) is 18.2 Å². The minimum atomic E-state index is -0.663. The second-order valence-electron chi connectivity index (χ2n) is 10.6. The van der Waals surface area contributed by atoms with E-state index in [9.17, 15) is 19.8 Å². The largest absolute Gasteiger partial charge is 0.507 e. The Balaban J connectivity index is 1.44. The van der Waals surface area contributed by atoms with Gasteiger partial charge in [0.15, 0.2) is 6.61 Å². The molecule has 0 aromatic heterocycles. The SMILES string of the molecule is CC1(C)CCC(C)(C)c2cc(C(=O)COc3ccc(C(=O)OCc4ccccc4)c(O)c3)c(O)cc21. The molecule has 0 bridgehead atoms. The zero-order chi connectivity index (χ0) is 26.1. The van der Waals surface area contributed by atoms with Crippen molar-refractivity contribution in [2.45, 2.75) is 58.0 Å². The van der Waals surface area contributed by atoms with Gasteiger partial charge in [0.1, 0.15) is 29.4 Å². The summed E-state index contributed by atoms with van der Waals surface area (Å²) < 4.78 is 10.8. The van der Waals surface area contributed by atoms with Crippen molar-refractivity contribution in [1.82, 2.24) is 0 Å². The first-order valence-electron chi connectivity index (χ1n) is 12.1. The van der Waals surface area contributed by atoms with Crippen LogP contribution in [-0.4, -0.2) is 28.6 Å². The number of carbonyl (C=O) groups excluding carboxylic acids is 2. The molecular weight excluding hydrogens is 456 g/mol. The van der Waals surface area contributed by atoms with Crippen LogP contribution in [0.1, 0.15) is 77.9 Å². The Morgan fingerprint density at radius 3 is 2.06 bits per heavy atom. The number of hydrogen-bond acceptors (Lipinski definition) is 6. The van der Waals surface area contributed by atoms with E-state index in [0.29, 0.717) is 0 Å². The van der Waals surface area contributed by atoms with E-state index in [2.05, 4.69) is 27.7 Å². The van der Waals surface area contributed by atoms with Gasteiger partial charge in [-0.05, 0) is 64.6 Å². The summed E-state index contributed by atoms with van der Waals surface area (Å²) in [6.07, 6.45) is 1.99. The molecule has 3 aromatic carbocycles. The summed E-state index contributed by atoms with van der Waals surface area (Å²) in [5.41, 5.74) is 2.99. The van der Waals surface area contributed by atoms with Crippen molar-refractivity contribution in [3.63, 3.8) is 0 Å². The van der Waals surface area contributed by atoms with Crippen LogP contribution in [0.3, 0.4) is 0 Å². The van der Waals surface area contributed by atoms with E-state index in [0.717, 1.165) is 29.5 Å². The molecule has 0 aliphatic heterocycles. The van der Waals surface area contributed by atoms with Crippen molar-refractivity contribution in [2.75, 3.05) is 6.61 Å². The van der Waals surface area contributed by atoms with Crippen LogP contribution in [0.4, 0.5) is 0 Å². The lowest BCUT2D eigenvalue weighted by atomic mass is 9.63. The van der Waals surface area contributed by atoms with Crippen molar-refractivity contribution in [3.05, 3.63) is 88.5 Å². The van der Waals surface area contributed by atoms with Gasteiger partial charge in [-0.2, -0.15) is 0 Å². The molecule has 0 spiro atoms. The number of aromatic hydroxyl groups is 2. The molecule has 1 aliphatic carbocycles. The average molecular weight is 489 g/mol. The normalized spacial score (nSPS) is 15.6. The number of carbonyl (C=O) groups is 2. The zero-order valence-corrected chi connectivity index (χ0v) is 21.1. The summed E-state index contributed by atoms with van der Waals surface area (Å²) >= 11 is 0. The van der Waals surface area contributed by atoms with Crippen LogP contribution in [0.15, 0.2) is 60.7 Å². The molecule has 0 saturated carbocycles. The van der Waals surface area contributed by atoms with Gasteiger partial charge in [-0.1, -0.05) is 58.0 Å². The monoisotopic (exact) mass is 488 g/mol. The smallest absolute Gasteiger partial charge is 0.342 e. The molecule has 0 atom stereocenters. The number of ether oxygens (including phenoxy) is 2. The van der Waals surface area contributed by atoms with E-state index in [-0.39, 0.29) is 58.2 Å². The van der Waals surface area contributed by atoms with Gasteiger partial charge in [-0.3, -0.25) is 4.79 Å². The molecule has 4 rings (SSSR count). The standard InChI is InChI=1S/C30H32O6/c1-29(2)12-13-30(3,4)24-16-26(32)22(15-23(24)29)27(33)18-35-20-10-11-21(25(31)14-20)28(34)36-17-19-8-6-5-7-9-19/h5-11,14-16,31-32H,12-13,17-18H2,1-4H3. The maximum Gasteiger partial charge on any atom is 0.342 e. The van der Waals surface area contributed by atoms with Crippen LogP contribution in [0, 0.1) is 0 Å². The van der Waals surface area contributed by atoms with Gasteiger partial charge in [0.2, 0.25) is 5.78 Å². The Labute approximate surface area is 211 Å². The fraction of sp³-hybridized carbons (Fsp3) is 0.333. The molecule has 188 valence electrons. The fourth-order valence-corrected chi connectivity index (χ4v) is 4.63. The highest BCUT2D eigenvalue weighted by Gasteiger charge is 2.38. The van der Waals surface area contributed by atoms with E-state index in [1.54, 1.807) is 12.1 Å². The highest BCUT2D eigenvalue weighted by molar-refractivity contribution is 6.00. The van der Waals surface area contributed by atoms with Crippen molar-refractivity contribution in [3.8, 4) is 17.2 Å². The second-order valence-corrected chi connectivity index (χ2v) is 10.6. The minimum Gasteiger partial charge on any atom is -0.507 e. The number of esters is 1. The lowest BCUT2D eigenvalue weighted by molar-refractivity contribution is 0.0469. The number of phenols is 2. The molecule has 6 heteroatoms. The van der Waals surface area contributed by atoms with Crippen LogP contribution in [0.25, 0.3) is 0 Å². The number of fused-ring (bicyclic) bond motifs is 1. The Morgan fingerprint density at radius 1 is 0.806 bits per heavy atom. The molecule has 36 heavy (non-hydrogen) atoms. The van der Waals surface area contributed by atoms with Crippen LogP contribution >= 0.6 is 0 Å². The number of ketones is 1. The highest BCUT2D eigenvalue weighted by Crippen LogP contribution is 2.47. The molecule has 6 nitrogen and oxygen atoms in total. The van der Waals surface area contributed by atoms with Gasteiger partial charge in [0.05, 0.1) is 5.56 Å². The van der Waals surface area contributed by atoms with Gasteiger partial charge < -0.3 is 19.7 Å². The van der Waals surface area contributed by atoms with Crippen molar-refractivity contribution < 1.29 is 29.3 Å². The van der Waals surface area contributed by atoms with Crippen LogP contribution < -0.4 is 4.74 Å². The number of phenolic OH excluding ortho intramolecular Hbond substituents is 2. The highest BCUT2D eigenvalue weighted by atomic mass is 16.5. The quantitative estimate of drug-likeness (QED) is 0.310. The third kappa shape index (κ3) is 5.23. The Kier molecular flexibility index (Phi) is 6.81. The molecule has 3 aromatic rings. The zero-order valence-electron chi connectivity index (χ0n) is 21.1. The Bertz CT molecular complexity index is 1290. The average Bonchev–Trinajstić information content (AvgIpc) is 2.84. The summed E-state index contributed by atoms with van der Waals surface area (Å²) in [7, 11) is 0. The third-order valence-corrected chi connectivity index (χ3v) is 7.04. The first-order chi connectivity index (χ1) is 17.0. The first kappa shape index (κ1) is 25.3. The summed E-state index contributed by atoms with van der Waals surface area (Å²) in [5.74, 6) is -1.19. The summed E-state index contributed by atoms with van der Waals surface area (Å²) in [4.78, 5) is 25.3. The van der Waals surface area contributed by atoms with Gasteiger partial charge in [-0.15, -0.1) is 0 Å². The molecule has 2 N–H and O–H groups in total. The van der Waals surface area contributed by atoms with Gasteiger partial charge in [0, 0.05) is 6.07 Å². The topological polar surface area (TPSA) is 93.1 Å². The predicted octanol–water partition coefficient (Wildman–Crippen LogP) is 6.07. The number of rotatable bonds is 7. The Morgan fingerprint density at radius 2 is 1.42 bits per heavy atom. The molecule has 0 heterocycles. The summed E-state index contributed by atoms with van der Waals surface area (Å²) in [6.45, 7) is 8.37. The predicted molar refractivity (Wildman–Crippen MR) is 137 cm³/mol. The Hall–Kier alpha value is -3.80. The van der Waals surface area contributed by atoms with Crippen LogP contribution in [-0.2, 0) is 22.2 Å². The van der Waals surface area contributed by atoms with Gasteiger partial charge >= 0.3 is 5.97 Å². The van der Waals surface area contributed by atoms with Crippen LogP contribution in [0.2, 0.25) is 0 Å². The molecule has 1 aliphatic rings. The van der Waals surface area contributed by atoms with E-state index >= 15 is 0 Å². The van der Waals surface area contributed by atoms with E-state index in [4.69, 9.17) is 9.47 Å². The van der Waals surface area contributed by atoms with Crippen LogP contribution in [0.5, 0.6) is 17.2 Å². The van der Waals surface area contributed by atoms with Gasteiger partial charge in [-0.25, -0.2) is 4.79 Å². The maximum absolute atomic E-state index is 13.0. The van der Waals surface area contributed by atoms with Crippen molar-refractivity contribution in [2.24, 2.45) is 0 Å². The lowest BCUT2D eigenvalue weighted by Crippen LogP contribution is -2.34. The molecule has 0 unspecified atom stereocenters. The third-order valence-electron chi connectivity index (χ3n) is 7.04. The van der Waals surface area contributed by atoms with E-state index in [1.807, 2.05) is 30.3 Å². The molecule has 0 saturated heterocycles. The number of hydrogen-bond donors (Lipinski definition) is 2. The molecule has 0 fully saturated rings. The summed E-state index contributed by atoms with van der Waals surface area (Å²) in [6, 6.07) is 16.9. The first-order valence-corrected chi connectivity index (χ1v) is 12.1. The molecule has 0 radical (unpaired) electrons. The lowest BCUT2D eigenvalue weighted by Gasteiger charge is -2.42. The maximum atomic E-state index is 13.0. The number of benzene rings is 3. The summed E-state index contributed by atoms with van der Waals surface area (Å²) in [5, 5.41) is 21.0. The fourth-order valence-electron chi connectivity index (χ4n) is 4.63. The van der Waals surface area contributed by atoms with Crippen molar-refractivity contribution in [1.29, 1.82) is 0 Å². The van der Waals surface area contributed by atoms with E-state index < -0.39 is 5.97 Å². The minimum absolute atomic E-state index is 0.00165. The molecular formula is C30H32O6. The van der Waals surface area contributed by atoms with Gasteiger partial charge in [0.25, 0.3) is 0 Å². The van der Waals surface area contributed by atoms with Crippen molar-refractivity contribution >= 4 is 11.8 Å².